The molecule has 2 fully saturated rings. The summed E-state index contributed by atoms with van der Waals surface area (Å²) in [6, 6.07) is 0.700. The lowest BCUT2D eigenvalue weighted by molar-refractivity contribution is -0.126. The molecule has 112 valence electrons. The molecular formula is C16H32N2O. The monoisotopic (exact) mass is 268 g/mol. The maximum absolute atomic E-state index is 6.22. The molecule has 2 N–H and O–H groups in total. The summed E-state index contributed by atoms with van der Waals surface area (Å²) in [4.78, 5) is 2.63. The molecule has 1 aliphatic carbocycles. The van der Waals surface area contributed by atoms with E-state index in [1.807, 2.05) is 0 Å². The summed E-state index contributed by atoms with van der Waals surface area (Å²) in [5.41, 5.74) is 6.31. The lowest BCUT2D eigenvalue weighted by Crippen LogP contribution is -2.63. The molecule has 19 heavy (non-hydrogen) atoms. The first kappa shape index (κ1) is 15.3. The molecule has 3 unspecified atom stereocenters. The third kappa shape index (κ3) is 3.14. The van der Waals surface area contributed by atoms with Crippen molar-refractivity contribution >= 4 is 0 Å². The molecule has 2 aliphatic rings. The Morgan fingerprint density at radius 3 is 2.53 bits per heavy atom. The highest BCUT2D eigenvalue weighted by Crippen LogP contribution is 2.39. The van der Waals surface area contributed by atoms with Gasteiger partial charge in [0.15, 0.2) is 0 Å². The van der Waals surface area contributed by atoms with E-state index in [0.717, 1.165) is 31.9 Å². The van der Waals surface area contributed by atoms with E-state index >= 15 is 0 Å². The maximum Gasteiger partial charge on any atom is 0.0644 e. The molecule has 2 rings (SSSR count). The number of rotatable bonds is 3. The van der Waals surface area contributed by atoms with Crippen molar-refractivity contribution in [1.82, 2.24) is 4.90 Å². The highest BCUT2D eigenvalue weighted by atomic mass is 16.5. The number of nitrogens with two attached hydrogens (primary N) is 1. The van der Waals surface area contributed by atoms with Crippen LogP contribution in [0.1, 0.15) is 59.3 Å². The number of likely N-dealkylation sites (N-methyl/N-ethyl adjacent to an activating group) is 1. The fourth-order valence-corrected chi connectivity index (χ4v) is 4.29. The van der Waals surface area contributed by atoms with Crippen LogP contribution in [0.3, 0.4) is 0 Å². The Morgan fingerprint density at radius 1 is 1.26 bits per heavy atom. The molecule has 1 aliphatic heterocycles. The van der Waals surface area contributed by atoms with Crippen LogP contribution >= 0.6 is 0 Å². The van der Waals surface area contributed by atoms with Gasteiger partial charge in [0.2, 0.25) is 0 Å². The second-order valence-corrected chi connectivity index (χ2v) is 7.40. The minimum Gasteiger partial charge on any atom is -0.375 e. The Labute approximate surface area is 118 Å². The van der Waals surface area contributed by atoms with E-state index in [1.54, 1.807) is 0 Å². The molecule has 1 heterocycles. The third-order valence-electron chi connectivity index (χ3n) is 5.51. The van der Waals surface area contributed by atoms with Gasteiger partial charge in [0.1, 0.15) is 0 Å². The average molecular weight is 268 g/mol. The van der Waals surface area contributed by atoms with Gasteiger partial charge in [-0.2, -0.15) is 0 Å². The highest BCUT2D eigenvalue weighted by molar-refractivity contribution is 5.01. The summed E-state index contributed by atoms with van der Waals surface area (Å²) in [5, 5.41) is 0. The minimum atomic E-state index is -0.0379. The third-order valence-corrected chi connectivity index (χ3v) is 5.51. The van der Waals surface area contributed by atoms with Gasteiger partial charge in [0.05, 0.1) is 5.60 Å². The van der Waals surface area contributed by atoms with E-state index in [9.17, 15) is 0 Å². The first-order chi connectivity index (χ1) is 8.90. The molecule has 0 spiro atoms. The van der Waals surface area contributed by atoms with Crippen molar-refractivity contribution in [3.8, 4) is 0 Å². The summed E-state index contributed by atoms with van der Waals surface area (Å²) in [6.45, 7) is 8.41. The van der Waals surface area contributed by atoms with Crippen LogP contribution in [0.2, 0.25) is 0 Å². The SMILES string of the molecule is CC1CCCCC1N(C)C1(CN)CCOC(C)(C)C1. The topological polar surface area (TPSA) is 38.5 Å². The Morgan fingerprint density at radius 2 is 1.95 bits per heavy atom. The fourth-order valence-electron chi connectivity index (χ4n) is 4.29. The Hall–Kier alpha value is -0.120. The first-order valence-corrected chi connectivity index (χ1v) is 7.97. The number of hydrogen-bond acceptors (Lipinski definition) is 3. The number of hydrogen-bond donors (Lipinski definition) is 1. The maximum atomic E-state index is 6.22. The van der Waals surface area contributed by atoms with Crippen LogP contribution in [0.5, 0.6) is 0 Å². The highest BCUT2D eigenvalue weighted by Gasteiger charge is 2.45. The number of ether oxygens (including phenoxy) is 1. The van der Waals surface area contributed by atoms with Crippen LogP contribution in [-0.2, 0) is 4.74 Å². The van der Waals surface area contributed by atoms with Gasteiger partial charge in [0, 0.05) is 24.7 Å². The predicted molar refractivity (Wildman–Crippen MR) is 80.2 cm³/mol. The lowest BCUT2D eigenvalue weighted by atomic mass is 9.76. The molecule has 3 nitrogen and oxygen atoms in total. The first-order valence-electron chi connectivity index (χ1n) is 7.97. The standard InChI is InChI=1S/C16H32N2O/c1-13-7-5-6-8-14(13)18(4)16(12-17)9-10-19-15(2,3)11-16/h13-14H,5-12,17H2,1-4H3. The zero-order valence-electron chi connectivity index (χ0n) is 13.2. The molecule has 0 amide bonds. The second kappa shape index (κ2) is 5.71. The molecule has 0 bridgehead atoms. The zero-order valence-corrected chi connectivity index (χ0v) is 13.2. The van der Waals surface area contributed by atoms with Crippen LogP contribution in [0.15, 0.2) is 0 Å². The van der Waals surface area contributed by atoms with E-state index in [1.165, 1.54) is 25.7 Å². The van der Waals surface area contributed by atoms with Crippen LogP contribution in [0, 0.1) is 5.92 Å². The Kier molecular flexibility index (Phi) is 4.59. The molecule has 3 atom stereocenters. The van der Waals surface area contributed by atoms with Crippen LogP contribution in [-0.4, -0.2) is 42.3 Å². The summed E-state index contributed by atoms with van der Waals surface area (Å²) >= 11 is 0. The van der Waals surface area contributed by atoms with Crippen molar-refractivity contribution in [2.24, 2.45) is 11.7 Å². The molecule has 0 aromatic carbocycles. The summed E-state index contributed by atoms with van der Waals surface area (Å²) in [7, 11) is 2.31. The van der Waals surface area contributed by atoms with Crippen LogP contribution in [0.4, 0.5) is 0 Å². The van der Waals surface area contributed by atoms with Gasteiger partial charge < -0.3 is 10.5 Å². The summed E-state index contributed by atoms with van der Waals surface area (Å²) in [5.74, 6) is 0.799. The van der Waals surface area contributed by atoms with Gasteiger partial charge in [-0.25, -0.2) is 0 Å². The van der Waals surface area contributed by atoms with E-state index < -0.39 is 0 Å². The van der Waals surface area contributed by atoms with Gasteiger partial charge in [-0.1, -0.05) is 19.8 Å². The molecule has 3 heteroatoms. The fraction of sp³-hybridized carbons (Fsp3) is 1.00. The summed E-state index contributed by atoms with van der Waals surface area (Å²) in [6.07, 6.45) is 7.61. The zero-order chi connectivity index (χ0) is 14.1. The van der Waals surface area contributed by atoms with Crippen molar-refractivity contribution in [2.45, 2.75) is 76.5 Å². The van der Waals surface area contributed by atoms with Crippen LogP contribution < -0.4 is 5.73 Å². The van der Waals surface area contributed by atoms with Crippen molar-refractivity contribution in [1.29, 1.82) is 0 Å². The van der Waals surface area contributed by atoms with Gasteiger partial charge in [-0.3, -0.25) is 4.90 Å². The van der Waals surface area contributed by atoms with E-state index in [0.29, 0.717) is 6.04 Å². The minimum absolute atomic E-state index is 0.0379. The molecular weight excluding hydrogens is 236 g/mol. The molecule has 1 saturated carbocycles. The summed E-state index contributed by atoms with van der Waals surface area (Å²) < 4.78 is 5.90. The Balaban J connectivity index is 2.15. The molecule has 0 radical (unpaired) electrons. The van der Waals surface area contributed by atoms with E-state index in [4.69, 9.17) is 10.5 Å². The van der Waals surface area contributed by atoms with E-state index in [-0.39, 0.29) is 11.1 Å². The number of nitrogens with zero attached hydrogens (tertiary/aromatic N) is 1. The van der Waals surface area contributed by atoms with Crippen molar-refractivity contribution in [2.75, 3.05) is 20.2 Å². The van der Waals surface area contributed by atoms with Gasteiger partial charge in [-0.15, -0.1) is 0 Å². The van der Waals surface area contributed by atoms with Gasteiger partial charge >= 0.3 is 0 Å². The predicted octanol–water partition coefficient (Wildman–Crippen LogP) is 2.78. The molecule has 0 aromatic rings. The normalized spacial score (nSPS) is 39.5. The second-order valence-electron chi connectivity index (χ2n) is 7.40. The Bertz CT molecular complexity index is 305. The largest absolute Gasteiger partial charge is 0.375 e. The van der Waals surface area contributed by atoms with E-state index in [2.05, 4.69) is 32.7 Å². The molecule has 0 aromatic heterocycles. The van der Waals surface area contributed by atoms with Gasteiger partial charge in [0.25, 0.3) is 0 Å². The van der Waals surface area contributed by atoms with Crippen molar-refractivity contribution < 1.29 is 4.74 Å². The van der Waals surface area contributed by atoms with Gasteiger partial charge in [-0.05, 0) is 52.5 Å². The van der Waals surface area contributed by atoms with Crippen LogP contribution in [0.25, 0.3) is 0 Å². The smallest absolute Gasteiger partial charge is 0.0644 e. The lowest BCUT2D eigenvalue weighted by Gasteiger charge is -2.53. The van der Waals surface area contributed by atoms with Crippen molar-refractivity contribution in [3.63, 3.8) is 0 Å². The van der Waals surface area contributed by atoms with Crippen molar-refractivity contribution in [3.05, 3.63) is 0 Å². The molecule has 1 saturated heterocycles. The average Bonchev–Trinajstić information content (AvgIpc) is 2.37. The quantitative estimate of drug-likeness (QED) is 0.855.